The van der Waals surface area contributed by atoms with E-state index in [1.54, 1.807) is 4.57 Å². The number of aromatic carboxylic acids is 1. The predicted octanol–water partition coefficient (Wildman–Crippen LogP) is 1.46. The highest BCUT2D eigenvalue weighted by molar-refractivity contribution is 5.84. The van der Waals surface area contributed by atoms with E-state index >= 15 is 0 Å². The lowest BCUT2D eigenvalue weighted by molar-refractivity contribution is 0.0691. The number of carboxylic acids is 1. The smallest absolute Gasteiger partial charge is 0.356 e. The summed E-state index contributed by atoms with van der Waals surface area (Å²) in [6, 6.07) is -0.0472. The molecule has 3 N–H and O–H groups in total. The summed E-state index contributed by atoms with van der Waals surface area (Å²) in [5.74, 6) is -1.06. The number of carboxylic acid groups (broad SMARTS) is 1. The van der Waals surface area contributed by atoms with Gasteiger partial charge >= 0.3 is 12.0 Å². The molecule has 7 nitrogen and oxygen atoms in total. The van der Waals surface area contributed by atoms with Gasteiger partial charge < -0.3 is 20.3 Å². The van der Waals surface area contributed by atoms with Crippen molar-refractivity contribution in [3.05, 3.63) is 18.2 Å². The van der Waals surface area contributed by atoms with Crippen LogP contribution >= 0.6 is 0 Å². The number of rotatable bonds is 8. The van der Waals surface area contributed by atoms with Gasteiger partial charge in [0.1, 0.15) is 0 Å². The fourth-order valence-electron chi connectivity index (χ4n) is 1.75. The summed E-state index contributed by atoms with van der Waals surface area (Å²) < 4.78 is 1.63. The molecule has 7 heteroatoms. The van der Waals surface area contributed by atoms with Gasteiger partial charge in [0, 0.05) is 25.3 Å². The Hall–Kier alpha value is -2.05. The molecule has 2 amide bonds. The quantitative estimate of drug-likeness (QED) is 0.672. The van der Waals surface area contributed by atoms with Gasteiger partial charge in [-0.2, -0.15) is 0 Å². The molecule has 0 saturated carbocycles. The zero-order chi connectivity index (χ0) is 15.0. The van der Waals surface area contributed by atoms with Crippen LogP contribution in [-0.2, 0) is 6.54 Å². The molecule has 0 spiro atoms. The lowest BCUT2D eigenvalue weighted by Gasteiger charge is -2.14. The number of carbonyl (C=O) groups excluding carboxylic acids is 1. The van der Waals surface area contributed by atoms with E-state index in [1.807, 2.05) is 6.92 Å². The van der Waals surface area contributed by atoms with Crippen LogP contribution < -0.4 is 10.6 Å². The Labute approximate surface area is 118 Å². The van der Waals surface area contributed by atoms with Gasteiger partial charge in [0.25, 0.3) is 0 Å². The molecule has 1 unspecified atom stereocenters. The van der Waals surface area contributed by atoms with Crippen molar-refractivity contribution in [2.45, 2.75) is 45.7 Å². The van der Waals surface area contributed by atoms with Crippen LogP contribution in [0.2, 0.25) is 0 Å². The van der Waals surface area contributed by atoms with Crippen LogP contribution in [0.3, 0.4) is 0 Å². The van der Waals surface area contributed by atoms with Crippen LogP contribution in [0.1, 0.15) is 43.6 Å². The monoisotopic (exact) mass is 282 g/mol. The Morgan fingerprint density at radius 1 is 1.50 bits per heavy atom. The van der Waals surface area contributed by atoms with E-state index in [2.05, 4.69) is 22.5 Å². The van der Waals surface area contributed by atoms with Crippen molar-refractivity contribution in [3.63, 3.8) is 0 Å². The number of amides is 2. The van der Waals surface area contributed by atoms with Crippen LogP contribution in [0.5, 0.6) is 0 Å². The molecule has 0 aliphatic rings. The third-order valence-electron chi connectivity index (χ3n) is 2.88. The number of imidazole rings is 1. The molecule has 0 aliphatic heterocycles. The molecule has 1 rings (SSSR count). The average molecular weight is 282 g/mol. The minimum absolute atomic E-state index is 0.00244. The van der Waals surface area contributed by atoms with Gasteiger partial charge in [0.2, 0.25) is 0 Å². The predicted molar refractivity (Wildman–Crippen MR) is 74.7 cm³/mol. The maximum absolute atomic E-state index is 11.6. The minimum Gasteiger partial charge on any atom is -0.476 e. The Bertz CT molecular complexity index is 445. The summed E-state index contributed by atoms with van der Waals surface area (Å²) in [4.78, 5) is 26.0. The zero-order valence-electron chi connectivity index (χ0n) is 11.9. The third kappa shape index (κ3) is 5.73. The summed E-state index contributed by atoms with van der Waals surface area (Å²) in [7, 11) is 0. The highest BCUT2D eigenvalue weighted by atomic mass is 16.4. The first-order valence-corrected chi connectivity index (χ1v) is 6.82. The lowest BCUT2D eigenvalue weighted by Crippen LogP contribution is -2.41. The molecule has 0 bridgehead atoms. The highest BCUT2D eigenvalue weighted by Crippen LogP contribution is 1.99. The summed E-state index contributed by atoms with van der Waals surface area (Å²) in [5.41, 5.74) is 0.00244. The van der Waals surface area contributed by atoms with Gasteiger partial charge in [0.05, 0.1) is 6.33 Å². The molecule has 1 atom stereocenters. The number of aromatic nitrogens is 2. The number of unbranched alkanes of at least 4 members (excludes halogenated alkanes) is 1. The molecule has 0 aliphatic carbocycles. The van der Waals surface area contributed by atoms with Crippen molar-refractivity contribution < 1.29 is 14.7 Å². The minimum atomic E-state index is -1.06. The van der Waals surface area contributed by atoms with Crippen molar-refractivity contribution in [1.82, 2.24) is 20.2 Å². The average Bonchev–Trinajstić information content (AvgIpc) is 2.85. The van der Waals surface area contributed by atoms with E-state index < -0.39 is 5.97 Å². The van der Waals surface area contributed by atoms with Crippen molar-refractivity contribution >= 4 is 12.0 Å². The summed E-state index contributed by atoms with van der Waals surface area (Å²) in [6.45, 7) is 4.99. The number of urea groups is 1. The Morgan fingerprint density at radius 2 is 2.25 bits per heavy atom. The molecular formula is C13H22N4O3. The number of nitrogens with one attached hydrogen (secondary N) is 2. The van der Waals surface area contributed by atoms with Crippen molar-refractivity contribution in [1.29, 1.82) is 0 Å². The standard InChI is InChI=1S/C13H22N4O3/c1-3-4-5-10(2)16-13(20)14-6-7-17-8-11(12(18)19)15-9-17/h8-10H,3-7H2,1-2H3,(H,18,19)(H2,14,16,20). The van der Waals surface area contributed by atoms with Crippen LogP contribution in [0, 0.1) is 0 Å². The summed E-state index contributed by atoms with van der Waals surface area (Å²) in [5, 5.41) is 14.3. The van der Waals surface area contributed by atoms with Crippen LogP contribution in [0.25, 0.3) is 0 Å². The number of hydrogen-bond acceptors (Lipinski definition) is 3. The molecule has 0 saturated heterocycles. The number of nitrogens with zero attached hydrogens (tertiary/aromatic N) is 2. The highest BCUT2D eigenvalue weighted by Gasteiger charge is 2.07. The molecule has 1 aromatic rings. The maximum atomic E-state index is 11.6. The zero-order valence-corrected chi connectivity index (χ0v) is 11.9. The Morgan fingerprint density at radius 3 is 2.85 bits per heavy atom. The number of hydrogen-bond donors (Lipinski definition) is 3. The van der Waals surface area contributed by atoms with Gasteiger partial charge in [-0.25, -0.2) is 14.6 Å². The van der Waals surface area contributed by atoms with Gasteiger partial charge in [-0.15, -0.1) is 0 Å². The summed E-state index contributed by atoms with van der Waals surface area (Å²) >= 11 is 0. The molecular weight excluding hydrogens is 260 g/mol. The van der Waals surface area contributed by atoms with E-state index in [1.165, 1.54) is 12.5 Å². The first-order chi connectivity index (χ1) is 9.52. The molecule has 0 radical (unpaired) electrons. The normalized spacial score (nSPS) is 11.9. The lowest BCUT2D eigenvalue weighted by atomic mass is 10.1. The molecule has 112 valence electrons. The maximum Gasteiger partial charge on any atom is 0.356 e. The van der Waals surface area contributed by atoms with Crippen LogP contribution in [-0.4, -0.2) is 39.2 Å². The fourth-order valence-corrected chi connectivity index (χ4v) is 1.75. The fraction of sp³-hybridized carbons (Fsp3) is 0.615. The van der Waals surface area contributed by atoms with E-state index in [-0.39, 0.29) is 17.8 Å². The van der Waals surface area contributed by atoms with Crippen molar-refractivity contribution in [2.75, 3.05) is 6.54 Å². The van der Waals surface area contributed by atoms with Gasteiger partial charge in [0.15, 0.2) is 5.69 Å². The first kappa shape index (κ1) is 16.0. The van der Waals surface area contributed by atoms with E-state index in [0.717, 1.165) is 19.3 Å². The van der Waals surface area contributed by atoms with E-state index in [4.69, 9.17) is 5.11 Å². The first-order valence-electron chi connectivity index (χ1n) is 6.82. The van der Waals surface area contributed by atoms with Crippen LogP contribution in [0.4, 0.5) is 4.79 Å². The molecule has 20 heavy (non-hydrogen) atoms. The second-order valence-electron chi connectivity index (χ2n) is 4.75. The second-order valence-corrected chi connectivity index (χ2v) is 4.75. The van der Waals surface area contributed by atoms with Gasteiger partial charge in [-0.1, -0.05) is 19.8 Å². The Balaban J connectivity index is 2.22. The van der Waals surface area contributed by atoms with E-state index in [0.29, 0.717) is 13.1 Å². The second kappa shape index (κ2) is 8.19. The Kier molecular flexibility index (Phi) is 6.55. The molecule has 1 aromatic heterocycles. The topological polar surface area (TPSA) is 96.3 Å². The van der Waals surface area contributed by atoms with Crippen molar-refractivity contribution in [2.24, 2.45) is 0 Å². The third-order valence-corrected chi connectivity index (χ3v) is 2.88. The van der Waals surface area contributed by atoms with Crippen molar-refractivity contribution in [3.8, 4) is 0 Å². The van der Waals surface area contributed by atoms with Gasteiger partial charge in [-0.05, 0) is 13.3 Å². The van der Waals surface area contributed by atoms with Gasteiger partial charge in [-0.3, -0.25) is 0 Å². The SMILES string of the molecule is CCCCC(C)NC(=O)NCCn1cnc(C(=O)O)c1. The molecule has 0 aromatic carbocycles. The van der Waals surface area contributed by atoms with E-state index in [9.17, 15) is 9.59 Å². The molecule has 0 fully saturated rings. The molecule has 1 heterocycles. The number of carbonyl (C=O) groups is 2. The van der Waals surface area contributed by atoms with Crippen LogP contribution in [0.15, 0.2) is 12.5 Å². The largest absolute Gasteiger partial charge is 0.476 e. The summed E-state index contributed by atoms with van der Waals surface area (Å²) in [6.07, 6.45) is 6.04.